The predicted octanol–water partition coefficient (Wildman–Crippen LogP) is 7.05. The van der Waals surface area contributed by atoms with Gasteiger partial charge in [0.2, 0.25) is 0 Å². The zero-order valence-corrected chi connectivity index (χ0v) is 22.3. The second-order valence-electron chi connectivity index (χ2n) is 10.4. The third kappa shape index (κ3) is 4.72. The van der Waals surface area contributed by atoms with Gasteiger partial charge in [0.15, 0.2) is 5.78 Å². The summed E-state index contributed by atoms with van der Waals surface area (Å²) in [6.45, 7) is 8.96. The quantitative estimate of drug-likeness (QED) is 0.289. The van der Waals surface area contributed by atoms with Crippen molar-refractivity contribution in [1.82, 2.24) is 4.98 Å². The molecule has 1 heterocycles. The van der Waals surface area contributed by atoms with Crippen LogP contribution < -0.4 is 5.73 Å². The average Bonchev–Trinajstić information content (AvgIpc) is 2.85. The van der Waals surface area contributed by atoms with E-state index in [0.29, 0.717) is 26.7 Å². The molecule has 0 radical (unpaired) electrons. The molecule has 182 valence electrons. The molecule has 0 fully saturated rings. The van der Waals surface area contributed by atoms with E-state index in [4.69, 9.17) is 17.3 Å². The molecule has 2 aromatic carbocycles. The highest BCUT2D eigenvalue weighted by Gasteiger charge is 2.37. The minimum absolute atomic E-state index is 0.00111. The number of ketones is 1. The summed E-state index contributed by atoms with van der Waals surface area (Å²) in [5.74, 6) is 0.0631. The van der Waals surface area contributed by atoms with Crippen LogP contribution in [0.3, 0.4) is 0 Å². The molecule has 3 aromatic rings. The van der Waals surface area contributed by atoms with Crippen LogP contribution >= 0.6 is 23.4 Å². The summed E-state index contributed by atoms with van der Waals surface area (Å²) in [7, 11) is 0. The van der Waals surface area contributed by atoms with Gasteiger partial charge in [-0.2, -0.15) is 10.5 Å². The van der Waals surface area contributed by atoms with Crippen LogP contribution in [-0.4, -0.2) is 16.5 Å². The number of carbonyl (C=O) groups is 1. The minimum atomic E-state index is -0.0522. The first-order valence-corrected chi connectivity index (χ1v) is 13.1. The van der Waals surface area contributed by atoms with Crippen LogP contribution in [0, 0.1) is 22.7 Å². The number of thioether (sulfide) groups is 1. The normalized spacial score (nSPS) is 15.4. The zero-order valence-electron chi connectivity index (χ0n) is 20.8. The van der Waals surface area contributed by atoms with Crippen LogP contribution in [0.4, 0.5) is 5.82 Å². The van der Waals surface area contributed by atoms with E-state index in [1.807, 2.05) is 12.1 Å². The van der Waals surface area contributed by atoms with Gasteiger partial charge >= 0.3 is 0 Å². The molecule has 5 nitrogen and oxygen atoms in total. The number of Topliss-reactive ketones (excluding diaryl/α,β-unsaturated/α-hetero) is 1. The Bertz CT molecular complexity index is 1450. The first-order chi connectivity index (χ1) is 17.0. The fourth-order valence-corrected chi connectivity index (χ4v) is 5.80. The maximum atomic E-state index is 13.2. The molecule has 0 spiro atoms. The summed E-state index contributed by atoms with van der Waals surface area (Å²) in [5.41, 5.74) is 10.7. The smallest absolute Gasteiger partial charge is 0.173 e. The molecule has 0 bridgehead atoms. The van der Waals surface area contributed by atoms with E-state index in [-0.39, 0.29) is 39.3 Å². The van der Waals surface area contributed by atoms with Crippen molar-refractivity contribution in [2.75, 3.05) is 11.5 Å². The minimum Gasteiger partial charge on any atom is -0.383 e. The lowest BCUT2D eigenvalue weighted by atomic mass is 9.63. The Balaban J connectivity index is 1.68. The van der Waals surface area contributed by atoms with Crippen LogP contribution in [0.25, 0.3) is 11.1 Å². The molecule has 7 heteroatoms. The van der Waals surface area contributed by atoms with Crippen LogP contribution in [0.15, 0.2) is 47.5 Å². The van der Waals surface area contributed by atoms with Crippen molar-refractivity contribution >= 4 is 35.0 Å². The topological polar surface area (TPSA) is 104 Å². The van der Waals surface area contributed by atoms with Gasteiger partial charge in [0.1, 0.15) is 28.5 Å². The van der Waals surface area contributed by atoms with Crippen molar-refractivity contribution in [3.05, 3.63) is 75.3 Å². The molecule has 0 unspecified atom stereocenters. The number of hydrogen-bond donors (Lipinski definition) is 1. The Kier molecular flexibility index (Phi) is 6.88. The summed E-state index contributed by atoms with van der Waals surface area (Å²) in [5, 5.41) is 20.5. The molecule has 1 aromatic heterocycles. The summed E-state index contributed by atoms with van der Waals surface area (Å²) < 4.78 is 0. The molecule has 0 saturated heterocycles. The van der Waals surface area contributed by atoms with E-state index >= 15 is 0 Å². The van der Waals surface area contributed by atoms with Gasteiger partial charge in [0.05, 0.1) is 11.3 Å². The molecular formula is C29H27ClN4OS. The van der Waals surface area contributed by atoms with Gasteiger partial charge in [-0.1, -0.05) is 75.3 Å². The lowest BCUT2D eigenvalue weighted by Gasteiger charge is -2.42. The molecule has 0 amide bonds. The molecule has 36 heavy (non-hydrogen) atoms. The second-order valence-corrected chi connectivity index (χ2v) is 11.8. The maximum absolute atomic E-state index is 13.2. The van der Waals surface area contributed by atoms with Gasteiger partial charge in [-0.3, -0.25) is 4.79 Å². The standard InChI is InChI=1S/C29H27ClN4OS/c1-28(2)11-12-29(3,4)23-13-18(7-10-22(23)28)24(35)16-36-27-21(15-32)25(20(14-31)26(33)34-27)17-5-8-19(30)9-6-17/h5-10,13H,11-12,16H2,1-4H3,(H2,33,34). The molecular weight excluding hydrogens is 488 g/mol. The highest BCUT2D eigenvalue weighted by Crippen LogP contribution is 2.46. The molecule has 0 aliphatic heterocycles. The van der Waals surface area contributed by atoms with E-state index in [9.17, 15) is 15.3 Å². The zero-order chi connectivity index (χ0) is 26.3. The van der Waals surface area contributed by atoms with Crippen molar-refractivity contribution in [1.29, 1.82) is 10.5 Å². The van der Waals surface area contributed by atoms with E-state index in [2.05, 4.69) is 50.9 Å². The van der Waals surface area contributed by atoms with Crippen LogP contribution in [0.2, 0.25) is 5.02 Å². The van der Waals surface area contributed by atoms with Crippen molar-refractivity contribution in [2.45, 2.75) is 56.4 Å². The number of carbonyl (C=O) groups excluding carboxylic acids is 1. The van der Waals surface area contributed by atoms with Gasteiger partial charge < -0.3 is 5.73 Å². The van der Waals surface area contributed by atoms with Crippen LogP contribution in [0.5, 0.6) is 0 Å². The lowest BCUT2D eigenvalue weighted by molar-refractivity contribution is 0.102. The number of fused-ring (bicyclic) bond motifs is 1. The number of hydrogen-bond acceptors (Lipinski definition) is 6. The number of aromatic nitrogens is 1. The third-order valence-corrected chi connectivity index (χ3v) is 8.29. The maximum Gasteiger partial charge on any atom is 0.173 e. The Hall–Kier alpha value is -3.32. The predicted molar refractivity (Wildman–Crippen MR) is 145 cm³/mol. The molecule has 1 aliphatic rings. The molecule has 4 rings (SSSR count). The molecule has 0 atom stereocenters. The van der Waals surface area contributed by atoms with Gasteiger partial charge in [-0.05, 0) is 58.6 Å². The number of pyridine rings is 1. The fraction of sp³-hybridized carbons (Fsp3) is 0.310. The first kappa shape index (κ1) is 25.8. The van der Waals surface area contributed by atoms with E-state index in [0.717, 1.165) is 24.6 Å². The SMILES string of the molecule is CC1(C)CCC(C)(C)c2cc(C(=O)CSc3nc(N)c(C#N)c(-c4ccc(Cl)cc4)c3C#N)ccc21. The van der Waals surface area contributed by atoms with E-state index in [1.165, 1.54) is 11.1 Å². The Labute approximate surface area is 221 Å². The van der Waals surface area contributed by atoms with Crippen LogP contribution in [0.1, 0.15) is 73.1 Å². The van der Waals surface area contributed by atoms with Crippen LogP contribution in [-0.2, 0) is 10.8 Å². The molecule has 1 aliphatic carbocycles. The Morgan fingerprint density at radius 1 is 1.00 bits per heavy atom. The van der Waals surface area contributed by atoms with E-state index in [1.54, 1.807) is 24.3 Å². The largest absolute Gasteiger partial charge is 0.383 e. The Morgan fingerprint density at radius 3 is 2.22 bits per heavy atom. The van der Waals surface area contributed by atoms with Gasteiger partial charge in [-0.15, -0.1) is 0 Å². The third-order valence-electron chi connectivity index (χ3n) is 7.06. The van der Waals surface area contributed by atoms with E-state index < -0.39 is 0 Å². The van der Waals surface area contributed by atoms with Gasteiger partial charge in [0.25, 0.3) is 0 Å². The number of nitrogens with zero attached hydrogens (tertiary/aromatic N) is 3. The average molecular weight is 515 g/mol. The fourth-order valence-electron chi connectivity index (χ4n) is 4.79. The number of nitrogens with two attached hydrogens (primary N) is 1. The molecule has 0 saturated carbocycles. The number of nitriles is 2. The Morgan fingerprint density at radius 2 is 1.61 bits per heavy atom. The molecule has 2 N–H and O–H groups in total. The van der Waals surface area contributed by atoms with Crippen molar-refractivity contribution < 1.29 is 4.79 Å². The number of halogens is 1. The summed E-state index contributed by atoms with van der Waals surface area (Å²) in [6.07, 6.45) is 2.17. The monoisotopic (exact) mass is 514 g/mol. The van der Waals surface area contributed by atoms with Gasteiger partial charge in [-0.25, -0.2) is 4.98 Å². The van der Waals surface area contributed by atoms with Gasteiger partial charge in [0, 0.05) is 16.1 Å². The first-order valence-electron chi connectivity index (χ1n) is 11.7. The highest BCUT2D eigenvalue weighted by molar-refractivity contribution is 8.00. The summed E-state index contributed by atoms with van der Waals surface area (Å²) in [6, 6.07) is 17.1. The van der Waals surface area contributed by atoms with Crippen molar-refractivity contribution in [3.8, 4) is 23.3 Å². The summed E-state index contributed by atoms with van der Waals surface area (Å²) >= 11 is 7.18. The highest BCUT2D eigenvalue weighted by atomic mass is 35.5. The van der Waals surface area contributed by atoms with Crippen molar-refractivity contribution in [2.24, 2.45) is 0 Å². The second kappa shape index (κ2) is 9.62. The number of benzene rings is 2. The lowest BCUT2D eigenvalue weighted by Crippen LogP contribution is -2.34. The number of anilines is 1. The summed E-state index contributed by atoms with van der Waals surface area (Å²) in [4.78, 5) is 17.6. The number of rotatable bonds is 5. The van der Waals surface area contributed by atoms with Crippen molar-refractivity contribution in [3.63, 3.8) is 0 Å². The number of nitrogen functional groups attached to an aromatic ring is 1.